The van der Waals surface area contributed by atoms with Gasteiger partial charge in [0.25, 0.3) is 0 Å². The molecular weight excluding hydrogens is 824 g/mol. The largest absolute Gasteiger partial charge is 0.497 e. The van der Waals surface area contributed by atoms with Gasteiger partial charge in [-0.25, -0.2) is 22.0 Å². The summed E-state index contributed by atoms with van der Waals surface area (Å²) >= 11 is 0. The first-order chi connectivity index (χ1) is 30.5. The number of carbonyl (C=O) groups excluding carboxylic acids is 4. The van der Waals surface area contributed by atoms with Crippen LogP contribution in [-0.2, 0) is 25.6 Å². The quantitative estimate of drug-likeness (QED) is 0.0742. The molecule has 1 amide bonds. The molecule has 5 N–H and O–H groups in total. The molecule has 0 aliphatic heterocycles. The van der Waals surface area contributed by atoms with E-state index in [9.17, 15) is 22.4 Å². The third kappa shape index (κ3) is 18.8. The van der Waals surface area contributed by atoms with Crippen molar-refractivity contribution in [1.29, 1.82) is 0 Å². The number of carbonyl (C=O) groups is 4. The molecule has 5 rings (SSSR count). The van der Waals surface area contributed by atoms with Crippen LogP contribution in [0.5, 0.6) is 11.5 Å². The lowest BCUT2D eigenvalue weighted by molar-refractivity contribution is -0.119. The molecule has 0 aliphatic carbocycles. The minimum absolute atomic E-state index is 0.000375. The highest BCUT2D eigenvalue weighted by molar-refractivity contribution is 6.00. The van der Waals surface area contributed by atoms with Crippen molar-refractivity contribution in [2.45, 2.75) is 18.3 Å². The summed E-state index contributed by atoms with van der Waals surface area (Å²) in [6.45, 7) is 14.1. The molecule has 10 nitrogen and oxygen atoms in total. The second kappa shape index (κ2) is 33.9. The number of methoxy groups -OCH3 is 2. The first-order valence-electron chi connectivity index (χ1n) is 18.7. The Balaban J connectivity index is 0. The molecule has 15 heteroatoms. The number of hydrogen-bond acceptors (Lipinski definition) is 9. The molecule has 0 radical (unpaired) electrons. The monoisotopic (exact) mass is 880 g/mol. The maximum Gasteiger partial charge on any atom is 0.239 e. The Morgan fingerprint density at radius 1 is 0.635 bits per heavy atom. The van der Waals surface area contributed by atoms with Crippen molar-refractivity contribution in [3.05, 3.63) is 185 Å². The number of ether oxygens (including phenoxy) is 2. The maximum atomic E-state index is 16.0. The van der Waals surface area contributed by atoms with Crippen LogP contribution in [0.2, 0.25) is 0 Å². The number of anilines is 1. The lowest BCUT2D eigenvalue weighted by Crippen LogP contribution is -2.36. The van der Waals surface area contributed by atoms with E-state index >= 15 is 4.39 Å². The summed E-state index contributed by atoms with van der Waals surface area (Å²) in [5.41, 5.74) is 10.7. The number of nitrogens with one attached hydrogen (secondary N) is 1. The summed E-state index contributed by atoms with van der Waals surface area (Å²) in [6.07, 6.45) is 3.41. The molecule has 0 heterocycles. The third-order valence-corrected chi connectivity index (χ3v) is 8.39. The Morgan fingerprint density at radius 3 is 1.49 bits per heavy atom. The van der Waals surface area contributed by atoms with Gasteiger partial charge in [-0.1, -0.05) is 36.4 Å². The molecule has 0 bridgehead atoms. The van der Waals surface area contributed by atoms with Crippen molar-refractivity contribution < 1.29 is 50.6 Å². The summed E-state index contributed by atoms with van der Waals surface area (Å²) in [5.74, 6) is -5.82. The Morgan fingerprint density at radius 2 is 1.08 bits per heavy atom. The van der Waals surface area contributed by atoms with E-state index in [2.05, 4.69) is 29.9 Å². The topological polar surface area (TPSA) is 154 Å². The summed E-state index contributed by atoms with van der Waals surface area (Å²) in [6, 6.07) is 23.6. The van der Waals surface area contributed by atoms with Gasteiger partial charge in [0.2, 0.25) is 5.91 Å². The van der Waals surface area contributed by atoms with E-state index in [-0.39, 0.29) is 24.1 Å². The molecule has 2 atom stereocenters. The Kier molecular flexibility index (Phi) is 31.3. The van der Waals surface area contributed by atoms with Gasteiger partial charge >= 0.3 is 0 Å². The second-order valence-electron chi connectivity index (χ2n) is 12.0. The van der Waals surface area contributed by atoms with E-state index < -0.39 is 46.8 Å². The number of nitrogens with zero attached hydrogens (tertiary/aromatic N) is 1. The SMILES string of the molecule is C=CCN(C(=O)C(c1cc(F)cc(F)c1)c1cc([C@@H](Cc2cc(F)cc(F)c2)c2ccc(OC)cc2)ccc1F)c1ccc(OC)cc1.C=CCNC.C=O.C=O.C=O.CN.CN. The first kappa shape index (κ1) is 58.3. The van der Waals surface area contributed by atoms with Gasteiger partial charge in [-0.05, 0) is 117 Å². The van der Waals surface area contributed by atoms with Crippen molar-refractivity contribution in [1.82, 2.24) is 5.32 Å². The number of nitrogens with two attached hydrogens (primary N) is 2. The van der Waals surface area contributed by atoms with E-state index in [1.807, 2.05) is 33.5 Å². The minimum Gasteiger partial charge on any atom is -0.497 e. The van der Waals surface area contributed by atoms with Crippen LogP contribution < -0.4 is 31.2 Å². The van der Waals surface area contributed by atoms with Gasteiger partial charge in [-0.2, -0.15) is 0 Å². The Bertz CT molecular complexity index is 2030. The molecular formula is C48H57F5N4O6. The molecule has 0 fully saturated rings. The zero-order valence-electron chi connectivity index (χ0n) is 36.2. The number of halogens is 5. The number of amides is 1. The zero-order chi connectivity index (χ0) is 48.5. The molecule has 0 saturated carbocycles. The normalized spacial score (nSPS) is 10.3. The van der Waals surface area contributed by atoms with E-state index in [1.54, 1.807) is 48.5 Å². The van der Waals surface area contributed by atoms with E-state index in [0.29, 0.717) is 39.9 Å². The summed E-state index contributed by atoms with van der Waals surface area (Å²) in [7, 11) is 7.90. The third-order valence-electron chi connectivity index (χ3n) is 8.39. The van der Waals surface area contributed by atoms with Crippen LogP contribution in [0.15, 0.2) is 128 Å². The van der Waals surface area contributed by atoms with Crippen LogP contribution in [-0.4, -0.2) is 74.7 Å². The first-order valence-corrected chi connectivity index (χ1v) is 18.7. The average molecular weight is 881 g/mol. The molecule has 5 aromatic carbocycles. The van der Waals surface area contributed by atoms with E-state index in [0.717, 1.165) is 24.7 Å². The van der Waals surface area contributed by atoms with Gasteiger partial charge in [-0.15, -0.1) is 13.2 Å². The van der Waals surface area contributed by atoms with Crippen LogP contribution in [0.4, 0.5) is 27.6 Å². The summed E-state index contributed by atoms with van der Waals surface area (Å²) < 4.78 is 84.3. The predicted octanol–water partition coefficient (Wildman–Crippen LogP) is 8.11. The standard InChI is InChI=1S/C39H32F5NO3.C4H9N.2CH5N.3CH2O/c1-4-15-45(32-8-12-34(48-3)13-9-32)39(46)38(27-19-30(42)23-31(43)20-27)36-21-26(7-14-37(36)44)35(25-5-10-33(47-2)11-6-25)18-24-16-28(40)22-29(41)17-24;1-3-4-5-2;5*1-2/h4-14,16-17,19-23,35,38H,1,15,18H2,2-3H3;3,5H,1,4H2,2H3;2*2H2,1H3;3*1H2/t35-,38?;;;;;;/m0....../s1. The molecule has 340 valence electrons. The fourth-order valence-electron chi connectivity index (χ4n) is 5.94. The highest BCUT2D eigenvalue weighted by Crippen LogP contribution is 2.37. The zero-order valence-corrected chi connectivity index (χ0v) is 36.2. The summed E-state index contributed by atoms with van der Waals surface area (Å²) in [4.78, 5) is 39.8. The van der Waals surface area contributed by atoms with E-state index in [1.165, 1.54) is 69.6 Å². The van der Waals surface area contributed by atoms with Crippen LogP contribution >= 0.6 is 0 Å². The fourth-order valence-corrected chi connectivity index (χ4v) is 5.94. The molecule has 5 aromatic rings. The van der Waals surface area contributed by atoms with Gasteiger partial charge < -0.3 is 45.5 Å². The lowest BCUT2D eigenvalue weighted by atomic mass is 9.82. The fraction of sp³-hybridized carbons (Fsp3) is 0.208. The predicted molar refractivity (Wildman–Crippen MR) is 241 cm³/mol. The Labute approximate surface area is 367 Å². The second-order valence-corrected chi connectivity index (χ2v) is 12.0. The summed E-state index contributed by atoms with van der Waals surface area (Å²) in [5, 5.41) is 2.90. The van der Waals surface area contributed by atoms with Crippen molar-refractivity contribution in [2.75, 3.05) is 53.4 Å². The average Bonchev–Trinajstić information content (AvgIpc) is 3.31. The van der Waals surface area contributed by atoms with Gasteiger partial charge in [0.1, 0.15) is 61.0 Å². The van der Waals surface area contributed by atoms with Gasteiger partial charge in [0, 0.05) is 42.4 Å². The smallest absolute Gasteiger partial charge is 0.239 e. The highest BCUT2D eigenvalue weighted by atomic mass is 19.1. The lowest BCUT2D eigenvalue weighted by Gasteiger charge is -2.28. The maximum absolute atomic E-state index is 16.0. The molecule has 0 aliphatic rings. The molecule has 1 unspecified atom stereocenters. The minimum atomic E-state index is -1.50. The van der Waals surface area contributed by atoms with E-state index in [4.69, 9.17) is 23.9 Å². The van der Waals surface area contributed by atoms with Crippen LogP contribution in [0.3, 0.4) is 0 Å². The van der Waals surface area contributed by atoms with Gasteiger partial charge in [-0.3, -0.25) is 4.79 Å². The van der Waals surface area contributed by atoms with Crippen molar-refractivity contribution in [2.24, 2.45) is 11.5 Å². The molecule has 0 spiro atoms. The van der Waals surface area contributed by atoms with Crippen LogP contribution in [0, 0.1) is 29.1 Å². The highest BCUT2D eigenvalue weighted by Gasteiger charge is 2.32. The van der Waals surface area contributed by atoms with Gasteiger partial charge in [0.05, 0.1) is 20.1 Å². The molecule has 0 aromatic heterocycles. The van der Waals surface area contributed by atoms with Crippen molar-refractivity contribution in [3.63, 3.8) is 0 Å². The number of rotatable bonds is 14. The molecule has 0 saturated heterocycles. The van der Waals surface area contributed by atoms with Gasteiger partial charge in [0.15, 0.2) is 0 Å². The van der Waals surface area contributed by atoms with Crippen molar-refractivity contribution in [3.8, 4) is 11.5 Å². The number of hydrogen-bond donors (Lipinski definition) is 3. The van der Waals surface area contributed by atoms with Crippen LogP contribution in [0.25, 0.3) is 0 Å². The number of benzene rings is 5. The Hall–Kier alpha value is -6.81. The molecule has 63 heavy (non-hydrogen) atoms. The number of likely N-dealkylation sites (N-methyl/N-ethyl adjacent to an activating group) is 1. The van der Waals surface area contributed by atoms with Crippen LogP contribution in [0.1, 0.15) is 39.7 Å². The van der Waals surface area contributed by atoms with Crippen molar-refractivity contribution >= 4 is 32.0 Å².